The number of unbranched alkanes of at least 4 members (excludes halogenated alkanes) is 1. The number of carboxylic acid groups (broad SMARTS) is 4. The molecule has 0 bridgehead atoms. The Balaban J connectivity index is 1.09. The number of carbonyl (C=O) groups excluding carboxylic acids is 11. The average Bonchev–Trinajstić information content (AvgIpc) is 1.22. The van der Waals surface area contributed by atoms with Gasteiger partial charge in [0.25, 0.3) is 5.91 Å². The van der Waals surface area contributed by atoms with Crippen LogP contribution >= 0.6 is 32.9 Å². The second-order valence-corrected chi connectivity index (χ2v) is 34.0. The Hall–Kier alpha value is -10.4. The van der Waals surface area contributed by atoms with E-state index in [0.717, 1.165) is 53.0 Å². The van der Waals surface area contributed by atoms with Crippen molar-refractivity contribution in [1.82, 2.24) is 62.9 Å². The summed E-state index contributed by atoms with van der Waals surface area (Å²) in [7, 11) is 3.98. The molecule has 0 spiro atoms. The molecule has 2 heterocycles. The quantitative estimate of drug-likeness (QED) is 0.00649. The van der Waals surface area contributed by atoms with Gasteiger partial charge in [-0.05, 0) is 130 Å². The van der Waals surface area contributed by atoms with E-state index in [1.165, 1.54) is 23.5 Å². The summed E-state index contributed by atoms with van der Waals surface area (Å²) >= 11 is 1.26. The number of aliphatic carboxylic acids is 4. The van der Waals surface area contributed by atoms with Crippen LogP contribution in [0.15, 0.2) is 84.2 Å². The highest BCUT2D eigenvalue weighted by molar-refractivity contribution is 8.76. The predicted octanol–water partition coefficient (Wildman–Crippen LogP) is 8.28. The standard InChI is InChI=1S/C83H118N12O22S3/c1-9-19-73(104)117-49-95(78(108)61(51(5)10-2)45-69(98)66-23-15-17-35-94(66)8)67(50(3)4)39-53(7)77-90-64(47-118-77)76(107)87-59(40-55-29-31-60(96)32-30-55)38-52(6)74(105)92-93-83(115)116-36-37-119-120-48-65(80(111)112)89-75(106)58(44-72(102)103)43-68(97)63(41-54-20-12-11-13-21-54)88-70(99)42-56-25-27-57(28-26-56)46-86-81(113)84-33-16-14-22-62(79(109)110)91-82(114)85-34-18-24-71(100)101/h11-13,20-21,25-32,47,50-53,58-59,61-63,65-67,96H,9-10,14-19,22-24,33-46,48-49H2,1-8H3,(H,87,107)(H,88,99)(H,89,106)(H,92,105)(H,93,115)(H,100,101)(H,102,103)(H,109,110)(H,111,112)(H2,84,86,113)(H2,85,91,114)/t51?,52-,53+,58-,59+,61-,62-,63-,65-,66+,67+/m0/s1. The van der Waals surface area contributed by atoms with E-state index in [9.17, 15) is 92.3 Å². The molecule has 0 aliphatic carbocycles. The highest BCUT2D eigenvalue weighted by atomic mass is 33.1. The van der Waals surface area contributed by atoms with Crippen LogP contribution < -0.4 is 48.1 Å². The molecule has 1 aliphatic rings. The van der Waals surface area contributed by atoms with Crippen molar-refractivity contribution < 1.29 is 107 Å². The van der Waals surface area contributed by atoms with E-state index in [1.807, 2.05) is 48.6 Å². The van der Waals surface area contributed by atoms with Gasteiger partial charge in [-0.15, -0.1) is 11.3 Å². The molecule has 1 aliphatic heterocycles. The number of carboxylic acids is 4. The number of aromatic nitrogens is 1. The number of hydrogen-bond donors (Lipinski definition) is 14. The van der Waals surface area contributed by atoms with Crippen LogP contribution in [-0.2, 0) is 88.0 Å². The Morgan fingerprint density at radius 2 is 1.32 bits per heavy atom. The molecule has 3 aromatic carbocycles. The minimum Gasteiger partial charge on any atom is -0.508 e. The molecule has 120 heavy (non-hydrogen) atoms. The van der Waals surface area contributed by atoms with Crippen molar-refractivity contribution in [1.29, 1.82) is 0 Å². The van der Waals surface area contributed by atoms with Gasteiger partial charge in [-0.2, -0.15) is 0 Å². The molecule has 660 valence electrons. The summed E-state index contributed by atoms with van der Waals surface area (Å²) in [6.45, 7) is 13.9. The van der Waals surface area contributed by atoms with E-state index >= 15 is 0 Å². The molecule has 5 rings (SSSR count). The maximum atomic E-state index is 15.0. The molecule has 1 aromatic heterocycles. The number of esters is 1. The van der Waals surface area contributed by atoms with Crippen LogP contribution in [0.1, 0.15) is 195 Å². The van der Waals surface area contributed by atoms with Crippen molar-refractivity contribution in [3.05, 3.63) is 117 Å². The number of likely N-dealkylation sites (N-methyl/N-ethyl adjacent to an activating group) is 1. The summed E-state index contributed by atoms with van der Waals surface area (Å²) < 4.78 is 11.0. The molecule has 0 radical (unpaired) electrons. The molecule has 1 fully saturated rings. The minimum absolute atomic E-state index is 0.0179. The monoisotopic (exact) mass is 1730 g/mol. The molecule has 34 nitrogen and oxygen atoms in total. The lowest BCUT2D eigenvalue weighted by Crippen LogP contribution is -2.50. The fourth-order valence-corrected chi connectivity index (χ4v) is 16.3. The van der Waals surface area contributed by atoms with Crippen LogP contribution in [0.2, 0.25) is 0 Å². The Morgan fingerprint density at radius 1 is 0.650 bits per heavy atom. The number of Topliss-reactive ketones (excluding diaryl/α,β-unsaturated/α-hetero) is 2. The summed E-state index contributed by atoms with van der Waals surface area (Å²) in [5.74, 6) is -13.2. The smallest absolute Gasteiger partial charge is 0.426 e. The van der Waals surface area contributed by atoms with Crippen LogP contribution in [0.3, 0.4) is 0 Å². The molecular weight excluding hydrogens is 1610 g/mol. The Morgan fingerprint density at radius 3 is 1.97 bits per heavy atom. The van der Waals surface area contributed by atoms with Crippen molar-refractivity contribution in [3.8, 4) is 5.75 Å². The number of carbonyl (C=O) groups is 15. The fourth-order valence-electron chi connectivity index (χ4n) is 13.4. The SMILES string of the molecule is CCCC(=O)OCN(C(=O)[C@@H](CC(=O)[C@H]1CCCCN1C)C(C)CC)[C@H](C[C@@H](C)c1nc(C(=O)N[C@@H](Cc2ccc(O)cc2)C[C@H](C)C(=O)NNC(=O)OCCSSC[C@H](NC(=O)[C@H](CC(=O)O)CC(=O)[C@H](Cc2ccccc2)NC(=O)Cc2ccc(CNC(=O)NCCCC[C@H](NC(=O)NCCCC(=O)O)C(=O)O)cc2)C(=O)O)cs1)C(C)C. The zero-order valence-corrected chi connectivity index (χ0v) is 71.8. The molecule has 4 aromatic rings. The van der Waals surface area contributed by atoms with Crippen molar-refractivity contribution in [3.63, 3.8) is 0 Å². The first-order valence-corrected chi connectivity index (χ1v) is 43.9. The summed E-state index contributed by atoms with van der Waals surface area (Å²) in [5.41, 5.74) is 7.16. The highest BCUT2D eigenvalue weighted by Gasteiger charge is 2.40. The number of amides is 10. The number of phenols is 1. The number of aromatic hydroxyl groups is 1. The molecule has 11 atom stereocenters. The second kappa shape index (κ2) is 53.3. The average molecular weight is 1730 g/mol. The topological polar surface area (TPSA) is 503 Å². The second-order valence-electron chi connectivity index (χ2n) is 30.5. The van der Waals surface area contributed by atoms with Crippen LogP contribution in [0.4, 0.5) is 14.4 Å². The summed E-state index contributed by atoms with van der Waals surface area (Å²) in [6, 6.07) is 14.8. The minimum atomic E-state index is -1.58. The van der Waals surface area contributed by atoms with Gasteiger partial charge >= 0.3 is 48.0 Å². The number of rotatable bonds is 54. The molecule has 14 N–H and O–H groups in total. The largest absolute Gasteiger partial charge is 0.508 e. The number of thiazole rings is 1. The molecule has 1 saturated heterocycles. The number of piperidine rings is 1. The third-order valence-electron chi connectivity index (χ3n) is 20.5. The first-order valence-electron chi connectivity index (χ1n) is 40.5. The van der Waals surface area contributed by atoms with Gasteiger partial charge in [0.2, 0.25) is 23.6 Å². The lowest BCUT2D eigenvalue weighted by atomic mass is 9.82. The van der Waals surface area contributed by atoms with Gasteiger partial charge in [0.15, 0.2) is 18.3 Å². The summed E-state index contributed by atoms with van der Waals surface area (Å²) in [6.07, 6.45) is 2.70. The maximum absolute atomic E-state index is 15.0. The van der Waals surface area contributed by atoms with Crippen LogP contribution in [-0.4, -0.2) is 217 Å². The molecule has 10 amide bonds. The predicted molar refractivity (Wildman–Crippen MR) is 450 cm³/mol. The van der Waals surface area contributed by atoms with Gasteiger partial charge < -0.3 is 77.1 Å². The molecule has 1 unspecified atom stereocenters. The number of likely N-dealkylation sites (tertiary alicyclic amines) is 1. The van der Waals surface area contributed by atoms with E-state index in [0.29, 0.717) is 53.8 Å². The van der Waals surface area contributed by atoms with E-state index in [-0.39, 0.29) is 149 Å². The normalized spacial score (nSPS) is 15.2. The van der Waals surface area contributed by atoms with Gasteiger partial charge in [0, 0.05) is 92.0 Å². The number of urea groups is 2. The van der Waals surface area contributed by atoms with Gasteiger partial charge in [-0.25, -0.2) is 34.4 Å². The van der Waals surface area contributed by atoms with Crippen LogP contribution in [0.5, 0.6) is 5.75 Å². The van der Waals surface area contributed by atoms with Gasteiger partial charge in [-0.3, -0.25) is 58.3 Å². The van der Waals surface area contributed by atoms with E-state index in [4.69, 9.17) is 19.6 Å². The third-order valence-corrected chi connectivity index (χ3v) is 23.9. The van der Waals surface area contributed by atoms with Crippen molar-refractivity contribution in [2.24, 2.45) is 29.6 Å². The number of hydrazine groups is 1. The molecule has 37 heteroatoms. The lowest BCUT2D eigenvalue weighted by molar-refractivity contribution is -0.160. The number of nitrogens with zero attached hydrogens (tertiary/aromatic N) is 3. The number of ketones is 2. The third kappa shape index (κ3) is 37.1. The Kier molecular flexibility index (Phi) is 44.5. The van der Waals surface area contributed by atoms with Crippen molar-refractivity contribution >= 4 is 122 Å². The first-order chi connectivity index (χ1) is 57.1. The Bertz CT molecular complexity index is 4030. The maximum Gasteiger partial charge on any atom is 0.426 e. The molecular formula is C83H118N12O22S3. The number of benzene rings is 3. The van der Waals surface area contributed by atoms with E-state index in [1.54, 1.807) is 83.9 Å². The number of ether oxygens (including phenoxy) is 2. The molecule has 0 saturated carbocycles. The zero-order valence-electron chi connectivity index (χ0n) is 69.3. The van der Waals surface area contributed by atoms with Crippen molar-refractivity contribution in [2.45, 2.75) is 219 Å². The number of nitrogens with one attached hydrogen (secondary N) is 9. The van der Waals surface area contributed by atoms with Gasteiger partial charge in [0.05, 0.1) is 35.9 Å². The van der Waals surface area contributed by atoms with E-state index in [2.05, 4.69) is 53.0 Å². The Labute approximate surface area is 711 Å². The van der Waals surface area contributed by atoms with Crippen molar-refractivity contribution in [2.75, 3.05) is 51.5 Å². The van der Waals surface area contributed by atoms with Crippen LogP contribution in [0.25, 0.3) is 0 Å². The summed E-state index contributed by atoms with van der Waals surface area (Å²) in [5, 5.41) is 68.7. The fraction of sp³-hybridized carbons (Fsp3) is 0.566. The van der Waals surface area contributed by atoms with Crippen LogP contribution in [0, 0.1) is 29.6 Å². The van der Waals surface area contributed by atoms with Gasteiger partial charge in [0.1, 0.15) is 30.1 Å². The summed E-state index contributed by atoms with van der Waals surface area (Å²) in [4.78, 5) is 204. The zero-order chi connectivity index (χ0) is 88.4. The van der Waals surface area contributed by atoms with E-state index < -0.39 is 138 Å². The number of hydrogen-bond acceptors (Lipinski definition) is 23. The van der Waals surface area contributed by atoms with Gasteiger partial charge in [-0.1, -0.05) is 150 Å². The first kappa shape index (κ1) is 100. The number of phenolic OH excluding ortho intramolecular Hbond substituents is 1. The highest BCUT2D eigenvalue weighted by Crippen LogP contribution is 2.34. The lowest BCUT2D eigenvalue weighted by Gasteiger charge is -2.39.